The molecule has 0 saturated carbocycles. The van der Waals surface area contributed by atoms with Gasteiger partial charge in [0.05, 0.1) is 9.82 Å². The molecule has 9 nitrogen and oxygen atoms in total. The monoisotopic (exact) mass is 285 g/mol. The standard InChI is InChI=1S/C9H11N5O4S/c10-13-11-5-2-6-12-19(17,18)9-4-1-3-8(7-9)14(15)16/h1,3-4,7,12H,2,5-6H2. The fourth-order valence-corrected chi connectivity index (χ4v) is 2.36. The van der Waals surface area contributed by atoms with Crippen molar-refractivity contribution in [3.63, 3.8) is 0 Å². The summed E-state index contributed by atoms with van der Waals surface area (Å²) in [5.74, 6) is 0. The van der Waals surface area contributed by atoms with Gasteiger partial charge in [-0.2, -0.15) is 0 Å². The van der Waals surface area contributed by atoms with Gasteiger partial charge in [-0.05, 0) is 18.0 Å². The topological polar surface area (TPSA) is 138 Å². The lowest BCUT2D eigenvalue weighted by Crippen LogP contribution is -2.25. The molecule has 0 aliphatic heterocycles. The molecular weight excluding hydrogens is 274 g/mol. The van der Waals surface area contributed by atoms with Crippen molar-refractivity contribution in [2.75, 3.05) is 13.1 Å². The Hall–Kier alpha value is -2.16. The fraction of sp³-hybridized carbons (Fsp3) is 0.333. The summed E-state index contributed by atoms with van der Waals surface area (Å²) in [7, 11) is -3.79. The second-order valence-electron chi connectivity index (χ2n) is 3.46. The Morgan fingerprint density at radius 1 is 1.47 bits per heavy atom. The molecular formula is C9H11N5O4S. The Morgan fingerprint density at radius 3 is 2.84 bits per heavy atom. The SMILES string of the molecule is [N-]=[N+]=NCCCNS(=O)(=O)c1cccc([N+](=O)[O-])c1. The van der Waals surface area contributed by atoms with Crippen LogP contribution in [0.25, 0.3) is 10.4 Å². The summed E-state index contributed by atoms with van der Waals surface area (Å²) in [6.45, 7) is 0.262. The number of nitro groups is 1. The average molecular weight is 285 g/mol. The number of azide groups is 1. The normalized spacial score (nSPS) is 10.7. The number of nitro benzene ring substituents is 1. The van der Waals surface area contributed by atoms with Crippen LogP contribution in [0.1, 0.15) is 6.42 Å². The van der Waals surface area contributed by atoms with Crippen LogP contribution in [-0.4, -0.2) is 26.4 Å². The highest BCUT2D eigenvalue weighted by Crippen LogP contribution is 2.16. The predicted molar refractivity (Wildman–Crippen MR) is 66.9 cm³/mol. The van der Waals surface area contributed by atoms with Crippen molar-refractivity contribution in [2.24, 2.45) is 5.11 Å². The van der Waals surface area contributed by atoms with Crippen molar-refractivity contribution in [3.05, 3.63) is 44.8 Å². The molecule has 0 bridgehead atoms. The second kappa shape index (κ2) is 6.69. The highest BCUT2D eigenvalue weighted by atomic mass is 32.2. The number of hydrogen-bond donors (Lipinski definition) is 1. The van der Waals surface area contributed by atoms with Crippen LogP contribution in [-0.2, 0) is 10.0 Å². The van der Waals surface area contributed by atoms with Crippen LogP contribution in [0.4, 0.5) is 5.69 Å². The van der Waals surface area contributed by atoms with E-state index in [0.29, 0.717) is 6.42 Å². The van der Waals surface area contributed by atoms with E-state index >= 15 is 0 Å². The molecule has 0 amide bonds. The first-order valence-corrected chi connectivity index (χ1v) is 6.70. The lowest BCUT2D eigenvalue weighted by atomic mass is 10.3. The van der Waals surface area contributed by atoms with Crippen molar-refractivity contribution in [1.29, 1.82) is 0 Å². The van der Waals surface area contributed by atoms with Crippen LogP contribution in [0.2, 0.25) is 0 Å². The minimum atomic E-state index is -3.79. The van der Waals surface area contributed by atoms with Crippen LogP contribution in [0.3, 0.4) is 0 Å². The maximum atomic E-state index is 11.8. The van der Waals surface area contributed by atoms with Crippen LogP contribution < -0.4 is 4.72 Å². The third kappa shape index (κ3) is 4.54. The lowest BCUT2D eigenvalue weighted by Gasteiger charge is -2.05. The highest BCUT2D eigenvalue weighted by molar-refractivity contribution is 7.89. The maximum absolute atomic E-state index is 11.8. The molecule has 0 atom stereocenters. The quantitative estimate of drug-likeness (QED) is 0.203. The van der Waals surface area contributed by atoms with Crippen molar-refractivity contribution >= 4 is 15.7 Å². The molecule has 0 aliphatic carbocycles. The third-order valence-corrected chi connectivity index (χ3v) is 3.59. The lowest BCUT2D eigenvalue weighted by molar-refractivity contribution is -0.385. The largest absolute Gasteiger partial charge is 0.270 e. The molecule has 0 radical (unpaired) electrons. The van der Waals surface area contributed by atoms with Gasteiger partial charge in [-0.15, -0.1) is 0 Å². The van der Waals surface area contributed by atoms with Gasteiger partial charge in [0.25, 0.3) is 5.69 Å². The Balaban J connectivity index is 2.74. The van der Waals surface area contributed by atoms with Gasteiger partial charge in [0.2, 0.25) is 10.0 Å². The van der Waals surface area contributed by atoms with E-state index < -0.39 is 14.9 Å². The first-order valence-electron chi connectivity index (χ1n) is 5.22. The van der Waals surface area contributed by atoms with E-state index in [-0.39, 0.29) is 23.7 Å². The Morgan fingerprint density at radius 2 is 2.21 bits per heavy atom. The minimum Gasteiger partial charge on any atom is -0.258 e. The number of rotatable bonds is 7. The molecule has 0 aliphatic rings. The van der Waals surface area contributed by atoms with Gasteiger partial charge in [0.15, 0.2) is 0 Å². The Kier molecular flexibility index (Phi) is 5.24. The molecule has 1 aromatic carbocycles. The Labute approximate surface area is 109 Å². The van der Waals surface area contributed by atoms with Gasteiger partial charge in [-0.3, -0.25) is 10.1 Å². The van der Waals surface area contributed by atoms with Crippen molar-refractivity contribution < 1.29 is 13.3 Å². The summed E-state index contributed by atoms with van der Waals surface area (Å²) >= 11 is 0. The molecule has 1 aromatic rings. The minimum absolute atomic E-state index is 0.0873. The van der Waals surface area contributed by atoms with Gasteiger partial charge in [-0.25, -0.2) is 13.1 Å². The van der Waals surface area contributed by atoms with Crippen molar-refractivity contribution in [3.8, 4) is 0 Å². The first kappa shape index (κ1) is 14.9. The van der Waals surface area contributed by atoms with Crippen LogP contribution in [0.15, 0.2) is 34.3 Å². The van der Waals surface area contributed by atoms with E-state index in [0.717, 1.165) is 6.07 Å². The summed E-state index contributed by atoms with van der Waals surface area (Å²) in [5.41, 5.74) is 7.75. The summed E-state index contributed by atoms with van der Waals surface area (Å²) in [4.78, 5) is 12.2. The molecule has 102 valence electrons. The maximum Gasteiger partial charge on any atom is 0.270 e. The number of benzene rings is 1. The zero-order chi connectivity index (χ0) is 14.3. The molecule has 1 N–H and O–H groups in total. The fourth-order valence-electron chi connectivity index (χ4n) is 1.25. The van der Waals surface area contributed by atoms with Gasteiger partial charge in [-0.1, -0.05) is 11.2 Å². The zero-order valence-corrected chi connectivity index (χ0v) is 10.6. The summed E-state index contributed by atoms with van der Waals surface area (Å²) in [6, 6.07) is 4.76. The van der Waals surface area contributed by atoms with E-state index in [1.165, 1.54) is 18.2 Å². The van der Waals surface area contributed by atoms with Gasteiger partial charge >= 0.3 is 0 Å². The molecule has 1 rings (SSSR count). The van der Waals surface area contributed by atoms with E-state index in [2.05, 4.69) is 14.7 Å². The van der Waals surface area contributed by atoms with Crippen LogP contribution >= 0.6 is 0 Å². The molecule has 0 heterocycles. The summed E-state index contributed by atoms with van der Waals surface area (Å²) in [5, 5.41) is 13.8. The molecule has 0 unspecified atom stereocenters. The number of non-ortho nitro benzene ring substituents is 1. The third-order valence-electron chi connectivity index (χ3n) is 2.13. The smallest absolute Gasteiger partial charge is 0.258 e. The summed E-state index contributed by atoms with van der Waals surface area (Å²) in [6.07, 6.45) is 0.345. The van der Waals surface area contributed by atoms with Crippen molar-refractivity contribution in [1.82, 2.24) is 4.72 Å². The van der Waals surface area contributed by atoms with Gasteiger partial charge < -0.3 is 0 Å². The second-order valence-corrected chi connectivity index (χ2v) is 5.23. The summed E-state index contributed by atoms with van der Waals surface area (Å²) < 4.78 is 25.9. The van der Waals surface area contributed by atoms with E-state index in [4.69, 9.17) is 5.53 Å². The molecule has 0 saturated heterocycles. The van der Waals surface area contributed by atoms with E-state index in [9.17, 15) is 18.5 Å². The van der Waals surface area contributed by atoms with Crippen LogP contribution in [0.5, 0.6) is 0 Å². The van der Waals surface area contributed by atoms with Gasteiger partial charge in [0.1, 0.15) is 0 Å². The number of sulfonamides is 1. The Bertz CT molecular complexity index is 609. The van der Waals surface area contributed by atoms with Crippen LogP contribution in [0, 0.1) is 10.1 Å². The molecule has 0 fully saturated rings. The first-order chi connectivity index (χ1) is 8.97. The van der Waals surface area contributed by atoms with Crippen molar-refractivity contribution in [2.45, 2.75) is 11.3 Å². The average Bonchev–Trinajstić information content (AvgIpc) is 2.38. The zero-order valence-electron chi connectivity index (χ0n) is 9.76. The van der Waals surface area contributed by atoms with E-state index in [1.54, 1.807) is 0 Å². The van der Waals surface area contributed by atoms with Gasteiger partial charge in [0, 0.05) is 30.1 Å². The highest BCUT2D eigenvalue weighted by Gasteiger charge is 2.16. The number of hydrogen-bond acceptors (Lipinski definition) is 5. The number of nitrogens with zero attached hydrogens (tertiary/aromatic N) is 4. The number of nitrogens with one attached hydrogen (secondary N) is 1. The molecule has 19 heavy (non-hydrogen) atoms. The predicted octanol–water partition coefficient (Wildman–Crippen LogP) is 1.57. The molecule has 0 aromatic heterocycles. The molecule has 0 spiro atoms. The van der Waals surface area contributed by atoms with E-state index in [1.807, 2.05) is 0 Å². The molecule has 10 heteroatoms.